The SMILES string of the molecule is NCC1(N2CCn3ccnc3C2)C2CC3CC(C2)CC1C3. The first-order valence-electron chi connectivity index (χ1n) is 8.74. The lowest BCUT2D eigenvalue weighted by molar-refractivity contribution is -0.139. The minimum atomic E-state index is 0.282. The maximum absolute atomic E-state index is 6.45. The van der Waals surface area contributed by atoms with Crippen LogP contribution in [-0.4, -0.2) is 33.1 Å². The van der Waals surface area contributed by atoms with Gasteiger partial charge in [-0.25, -0.2) is 4.98 Å². The normalized spacial score (nSPS) is 45.0. The Labute approximate surface area is 126 Å². The topological polar surface area (TPSA) is 47.1 Å². The number of rotatable bonds is 2. The van der Waals surface area contributed by atoms with Crippen molar-refractivity contribution in [2.45, 2.75) is 50.7 Å². The van der Waals surface area contributed by atoms with Gasteiger partial charge in [0.15, 0.2) is 0 Å². The molecule has 1 aliphatic heterocycles. The Hall–Kier alpha value is -0.870. The van der Waals surface area contributed by atoms with Gasteiger partial charge in [0.05, 0.1) is 6.54 Å². The first-order valence-corrected chi connectivity index (χ1v) is 8.74. The van der Waals surface area contributed by atoms with Crippen LogP contribution in [0.1, 0.15) is 37.9 Å². The molecule has 0 spiro atoms. The van der Waals surface area contributed by atoms with Crippen molar-refractivity contribution in [3.8, 4) is 0 Å². The molecule has 0 saturated heterocycles. The fraction of sp³-hybridized carbons (Fsp3) is 0.824. The summed E-state index contributed by atoms with van der Waals surface area (Å²) in [6, 6.07) is 0. The Kier molecular flexibility index (Phi) is 2.61. The summed E-state index contributed by atoms with van der Waals surface area (Å²) in [4.78, 5) is 7.30. The van der Waals surface area contributed by atoms with E-state index < -0.39 is 0 Å². The average Bonchev–Trinajstić information content (AvgIpc) is 2.95. The molecule has 0 amide bonds. The van der Waals surface area contributed by atoms with E-state index in [4.69, 9.17) is 5.73 Å². The summed E-state index contributed by atoms with van der Waals surface area (Å²) >= 11 is 0. The molecule has 4 bridgehead atoms. The van der Waals surface area contributed by atoms with Gasteiger partial charge in [0.1, 0.15) is 5.82 Å². The van der Waals surface area contributed by atoms with Gasteiger partial charge in [0.2, 0.25) is 0 Å². The van der Waals surface area contributed by atoms with E-state index in [0.29, 0.717) is 0 Å². The summed E-state index contributed by atoms with van der Waals surface area (Å²) in [7, 11) is 0. The minimum Gasteiger partial charge on any atom is -0.333 e. The molecule has 4 nitrogen and oxygen atoms in total. The van der Waals surface area contributed by atoms with Crippen LogP contribution >= 0.6 is 0 Å². The van der Waals surface area contributed by atoms with E-state index in [1.54, 1.807) is 0 Å². The second kappa shape index (κ2) is 4.32. The van der Waals surface area contributed by atoms with Crippen LogP contribution in [0.2, 0.25) is 0 Å². The summed E-state index contributed by atoms with van der Waals surface area (Å²) in [5.74, 6) is 4.96. The zero-order valence-electron chi connectivity index (χ0n) is 12.7. The molecule has 4 aliphatic carbocycles. The van der Waals surface area contributed by atoms with Gasteiger partial charge >= 0.3 is 0 Å². The first-order chi connectivity index (χ1) is 10.3. The van der Waals surface area contributed by atoms with E-state index in [0.717, 1.165) is 49.9 Å². The first kappa shape index (κ1) is 12.7. The molecule has 4 fully saturated rings. The number of aromatic nitrogens is 2. The number of fused-ring (bicyclic) bond motifs is 1. The lowest BCUT2D eigenvalue weighted by Gasteiger charge is -2.65. The van der Waals surface area contributed by atoms with Crippen LogP contribution < -0.4 is 5.73 Å². The number of hydrogen-bond acceptors (Lipinski definition) is 3. The van der Waals surface area contributed by atoms with Crippen LogP contribution in [0.15, 0.2) is 12.4 Å². The third-order valence-corrected chi connectivity index (χ3v) is 7.21. The second-order valence-electron chi connectivity index (χ2n) is 7.96. The van der Waals surface area contributed by atoms with Crippen LogP contribution in [0.3, 0.4) is 0 Å². The standard InChI is InChI=1S/C17H26N4/c18-11-17(21-4-3-20-2-1-19-16(20)10-21)14-6-12-5-13(8-14)9-15(17)7-12/h1-2,12-15H,3-11,18H2. The molecule has 1 aromatic rings. The summed E-state index contributed by atoms with van der Waals surface area (Å²) in [6.07, 6.45) is 11.3. The van der Waals surface area contributed by atoms with E-state index in [1.165, 1.54) is 37.9 Å². The summed E-state index contributed by atoms with van der Waals surface area (Å²) in [5, 5.41) is 0. The summed E-state index contributed by atoms with van der Waals surface area (Å²) < 4.78 is 2.32. The Balaban J connectivity index is 1.51. The quantitative estimate of drug-likeness (QED) is 0.902. The molecule has 114 valence electrons. The Morgan fingerprint density at radius 2 is 1.81 bits per heavy atom. The highest BCUT2D eigenvalue weighted by atomic mass is 15.3. The molecule has 21 heavy (non-hydrogen) atoms. The number of imidazole rings is 1. The Morgan fingerprint density at radius 1 is 1.10 bits per heavy atom. The molecule has 2 heterocycles. The summed E-state index contributed by atoms with van der Waals surface area (Å²) in [5.41, 5.74) is 6.73. The number of nitrogens with two attached hydrogens (primary N) is 1. The van der Waals surface area contributed by atoms with Gasteiger partial charge in [-0.15, -0.1) is 0 Å². The van der Waals surface area contributed by atoms with Crippen molar-refractivity contribution in [2.75, 3.05) is 13.1 Å². The molecule has 4 saturated carbocycles. The maximum atomic E-state index is 6.45. The van der Waals surface area contributed by atoms with E-state index >= 15 is 0 Å². The van der Waals surface area contributed by atoms with E-state index in [2.05, 4.69) is 20.6 Å². The van der Waals surface area contributed by atoms with Gasteiger partial charge in [0, 0.05) is 37.6 Å². The van der Waals surface area contributed by atoms with Crippen molar-refractivity contribution in [2.24, 2.45) is 29.4 Å². The third-order valence-electron chi connectivity index (χ3n) is 7.21. The molecule has 0 aromatic carbocycles. The lowest BCUT2D eigenvalue weighted by Crippen LogP contribution is -2.70. The minimum absolute atomic E-state index is 0.282. The van der Waals surface area contributed by atoms with Crippen molar-refractivity contribution < 1.29 is 0 Å². The van der Waals surface area contributed by atoms with E-state index in [1.807, 2.05) is 6.20 Å². The van der Waals surface area contributed by atoms with Crippen LogP contribution in [0.4, 0.5) is 0 Å². The van der Waals surface area contributed by atoms with E-state index in [9.17, 15) is 0 Å². The van der Waals surface area contributed by atoms with E-state index in [-0.39, 0.29) is 5.54 Å². The molecule has 4 heteroatoms. The highest BCUT2D eigenvalue weighted by molar-refractivity contribution is 5.14. The molecule has 0 atom stereocenters. The molecule has 1 aromatic heterocycles. The van der Waals surface area contributed by atoms with Crippen molar-refractivity contribution in [3.05, 3.63) is 18.2 Å². The van der Waals surface area contributed by atoms with Gasteiger partial charge in [0.25, 0.3) is 0 Å². The average molecular weight is 286 g/mol. The summed E-state index contributed by atoms with van der Waals surface area (Å²) in [6.45, 7) is 4.10. The maximum Gasteiger partial charge on any atom is 0.122 e. The number of hydrogen-bond donors (Lipinski definition) is 1. The Morgan fingerprint density at radius 3 is 2.48 bits per heavy atom. The predicted octanol–water partition coefficient (Wildman–Crippen LogP) is 1.85. The molecular formula is C17H26N4. The zero-order valence-corrected chi connectivity index (χ0v) is 12.7. The van der Waals surface area contributed by atoms with Gasteiger partial charge in [-0.2, -0.15) is 0 Å². The molecule has 6 rings (SSSR count). The highest BCUT2D eigenvalue weighted by Gasteiger charge is 2.59. The fourth-order valence-electron chi connectivity index (χ4n) is 6.51. The van der Waals surface area contributed by atoms with Gasteiger partial charge in [-0.05, 0) is 55.8 Å². The van der Waals surface area contributed by atoms with Crippen molar-refractivity contribution in [1.29, 1.82) is 0 Å². The van der Waals surface area contributed by atoms with Crippen molar-refractivity contribution in [3.63, 3.8) is 0 Å². The monoisotopic (exact) mass is 286 g/mol. The van der Waals surface area contributed by atoms with Crippen LogP contribution in [0.25, 0.3) is 0 Å². The largest absolute Gasteiger partial charge is 0.333 e. The van der Waals surface area contributed by atoms with Gasteiger partial charge < -0.3 is 10.3 Å². The van der Waals surface area contributed by atoms with Gasteiger partial charge in [-0.3, -0.25) is 4.90 Å². The number of nitrogens with zero attached hydrogens (tertiary/aromatic N) is 3. The Bertz CT molecular complexity index is 521. The van der Waals surface area contributed by atoms with Crippen molar-refractivity contribution in [1.82, 2.24) is 14.5 Å². The lowest BCUT2D eigenvalue weighted by atomic mass is 9.48. The van der Waals surface area contributed by atoms with Crippen LogP contribution in [-0.2, 0) is 13.1 Å². The molecular weight excluding hydrogens is 260 g/mol. The smallest absolute Gasteiger partial charge is 0.122 e. The molecule has 2 N–H and O–H groups in total. The highest BCUT2D eigenvalue weighted by Crippen LogP contribution is 2.60. The predicted molar refractivity (Wildman–Crippen MR) is 81.5 cm³/mol. The second-order valence-corrected chi connectivity index (χ2v) is 7.96. The zero-order chi connectivity index (χ0) is 14.0. The molecule has 5 aliphatic rings. The van der Waals surface area contributed by atoms with Crippen molar-refractivity contribution >= 4 is 0 Å². The fourth-order valence-corrected chi connectivity index (χ4v) is 6.51. The molecule has 0 radical (unpaired) electrons. The van der Waals surface area contributed by atoms with Gasteiger partial charge in [-0.1, -0.05) is 0 Å². The molecule has 0 unspecified atom stereocenters. The van der Waals surface area contributed by atoms with Crippen LogP contribution in [0.5, 0.6) is 0 Å². The third kappa shape index (κ3) is 1.61. The van der Waals surface area contributed by atoms with Crippen LogP contribution in [0, 0.1) is 23.7 Å².